The Labute approximate surface area is 215 Å². The van der Waals surface area contributed by atoms with Crippen molar-refractivity contribution in [1.82, 2.24) is 0 Å². The number of hydrogen-bond acceptors (Lipinski definition) is 4. The first kappa shape index (κ1) is 23.8. The number of nitrogens with one attached hydrogen (secondary N) is 1. The molecule has 4 aromatic carbocycles. The average Bonchev–Trinajstić information content (AvgIpc) is 3.32. The summed E-state index contributed by atoms with van der Waals surface area (Å²) in [5, 5.41) is 6.30. The van der Waals surface area contributed by atoms with Gasteiger partial charge in [0.25, 0.3) is 0 Å². The van der Waals surface area contributed by atoms with E-state index in [4.69, 9.17) is 9.15 Å². The molecule has 180 valence electrons. The van der Waals surface area contributed by atoms with Crippen LogP contribution in [0.15, 0.2) is 94.4 Å². The van der Waals surface area contributed by atoms with E-state index in [-0.39, 0.29) is 5.91 Å². The Bertz CT molecular complexity index is 1630. The fourth-order valence-corrected chi connectivity index (χ4v) is 5.15. The predicted molar refractivity (Wildman–Crippen MR) is 151 cm³/mol. The number of ether oxygens (including phenoxy) is 1. The van der Waals surface area contributed by atoms with Gasteiger partial charge < -0.3 is 14.5 Å². The lowest BCUT2D eigenvalue weighted by Crippen LogP contribution is -2.08. The van der Waals surface area contributed by atoms with E-state index in [0.29, 0.717) is 5.75 Å². The standard InChI is InChI=1S/C31H27NO3S/c1-19(15-29(33)32-22-11-8-12-23(16-22)36-4)26-17-27-28(18-35-31(27)20(2)30(26)34-3)25-14-7-10-21-9-5-6-13-24(21)25/h5-18H,1-4H3,(H,32,33)/b19-15+. The topological polar surface area (TPSA) is 51.5 Å². The third kappa shape index (κ3) is 4.38. The Morgan fingerprint density at radius 3 is 2.56 bits per heavy atom. The lowest BCUT2D eigenvalue weighted by molar-refractivity contribution is -0.111. The van der Waals surface area contributed by atoms with Crippen molar-refractivity contribution in [2.45, 2.75) is 18.7 Å². The molecule has 1 N–H and O–H groups in total. The van der Waals surface area contributed by atoms with E-state index in [2.05, 4.69) is 41.7 Å². The van der Waals surface area contributed by atoms with E-state index in [9.17, 15) is 4.79 Å². The Hall–Kier alpha value is -3.96. The molecule has 5 rings (SSSR count). The molecule has 0 saturated carbocycles. The zero-order valence-corrected chi connectivity index (χ0v) is 21.5. The Balaban J connectivity index is 1.59. The molecule has 0 bridgehead atoms. The third-order valence-corrected chi connectivity index (χ3v) is 7.16. The van der Waals surface area contributed by atoms with Gasteiger partial charge in [-0.15, -0.1) is 11.8 Å². The number of carbonyl (C=O) groups is 1. The SMILES string of the molecule is COc1c(/C(C)=C/C(=O)Nc2cccc(SC)c2)cc2c(-c3cccc4ccccc34)coc2c1C. The van der Waals surface area contributed by atoms with Crippen LogP contribution in [-0.2, 0) is 4.79 Å². The minimum Gasteiger partial charge on any atom is -0.496 e. The molecule has 1 amide bonds. The molecule has 5 heteroatoms. The number of rotatable bonds is 6. The van der Waals surface area contributed by atoms with Gasteiger partial charge in [-0.25, -0.2) is 0 Å². The first-order valence-corrected chi connectivity index (χ1v) is 12.9. The van der Waals surface area contributed by atoms with Gasteiger partial charge in [0.05, 0.1) is 13.4 Å². The number of furan rings is 1. The molecular weight excluding hydrogens is 466 g/mol. The van der Waals surface area contributed by atoms with Crippen LogP contribution in [0.4, 0.5) is 5.69 Å². The molecule has 0 aliphatic carbocycles. The van der Waals surface area contributed by atoms with Gasteiger partial charge in [0.1, 0.15) is 11.3 Å². The second kappa shape index (κ2) is 9.96. The van der Waals surface area contributed by atoms with Crippen molar-refractivity contribution in [3.8, 4) is 16.9 Å². The highest BCUT2D eigenvalue weighted by molar-refractivity contribution is 7.98. The van der Waals surface area contributed by atoms with Gasteiger partial charge in [0.2, 0.25) is 5.91 Å². The number of allylic oxidation sites excluding steroid dienone is 1. The summed E-state index contributed by atoms with van der Waals surface area (Å²) in [4.78, 5) is 14.0. The molecule has 0 fully saturated rings. The molecule has 0 unspecified atom stereocenters. The van der Waals surface area contributed by atoms with Crippen LogP contribution in [0, 0.1) is 6.92 Å². The highest BCUT2D eigenvalue weighted by Gasteiger charge is 2.19. The first-order chi connectivity index (χ1) is 17.5. The van der Waals surface area contributed by atoms with Gasteiger partial charge in [-0.3, -0.25) is 4.79 Å². The molecule has 0 spiro atoms. The summed E-state index contributed by atoms with van der Waals surface area (Å²) < 4.78 is 11.8. The van der Waals surface area contributed by atoms with Crippen LogP contribution < -0.4 is 10.1 Å². The van der Waals surface area contributed by atoms with Crippen molar-refractivity contribution in [1.29, 1.82) is 0 Å². The molecular formula is C31H27NO3S. The monoisotopic (exact) mass is 493 g/mol. The number of aryl methyl sites for hydroxylation is 1. The largest absolute Gasteiger partial charge is 0.496 e. The van der Waals surface area contributed by atoms with E-state index in [1.807, 2.05) is 62.8 Å². The van der Waals surface area contributed by atoms with E-state index in [1.54, 1.807) is 24.9 Å². The van der Waals surface area contributed by atoms with Crippen LogP contribution >= 0.6 is 11.8 Å². The molecule has 0 radical (unpaired) electrons. The number of fused-ring (bicyclic) bond motifs is 2. The second-order valence-electron chi connectivity index (χ2n) is 8.68. The van der Waals surface area contributed by atoms with E-state index in [0.717, 1.165) is 54.8 Å². The highest BCUT2D eigenvalue weighted by Crippen LogP contribution is 2.42. The molecule has 1 heterocycles. The van der Waals surface area contributed by atoms with Gasteiger partial charge in [-0.2, -0.15) is 0 Å². The smallest absolute Gasteiger partial charge is 0.248 e. The molecule has 36 heavy (non-hydrogen) atoms. The summed E-state index contributed by atoms with van der Waals surface area (Å²) in [7, 11) is 1.65. The van der Waals surface area contributed by atoms with Crippen LogP contribution in [0.3, 0.4) is 0 Å². The zero-order chi connectivity index (χ0) is 25.2. The Morgan fingerprint density at radius 1 is 0.972 bits per heavy atom. The summed E-state index contributed by atoms with van der Waals surface area (Å²) in [6.45, 7) is 3.92. The van der Waals surface area contributed by atoms with Crippen LogP contribution in [0.5, 0.6) is 5.75 Å². The summed E-state index contributed by atoms with van der Waals surface area (Å²) in [6.07, 6.45) is 5.44. The maximum atomic E-state index is 12.9. The number of thioether (sulfide) groups is 1. The van der Waals surface area contributed by atoms with E-state index < -0.39 is 0 Å². The maximum Gasteiger partial charge on any atom is 0.248 e. The lowest BCUT2D eigenvalue weighted by atomic mass is 9.94. The predicted octanol–water partition coefficient (Wildman–Crippen LogP) is 8.33. The number of benzene rings is 4. The Kier molecular flexibility index (Phi) is 6.57. The van der Waals surface area contributed by atoms with Crippen LogP contribution in [-0.4, -0.2) is 19.3 Å². The molecule has 5 aromatic rings. The van der Waals surface area contributed by atoms with Gasteiger partial charge in [-0.1, -0.05) is 48.5 Å². The van der Waals surface area contributed by atoms with Gasteiger partial charge >= 0.3 is 0 Å². The Morgan fingerprint density at radius 2 is 1.75 bits per heavy atom. The van der Waals surface area contributed by atoms with Crippen molar-refractivity contribution in [2.24, 2.45) is 0 Å². The molecule has 4 nitrogen and oxygen atoms in total. The van der Waals surface area contributed by atoms with Crippen LogP contribution in [0.2, 0.25) is 0 Å². The van der Waals surface area contributed by atoms with Crippen molar-refractivity contribution in [3.63, 3.8) is 0 Å². The number of anilines is 1. The summed E-state index contributed by atoms with van der Waals surface area (Å²) in [5.41, 5.74) is 6.23. The van der Waals surface area contributed by atoms with Gasteiger partial charge in [0.15, 0.2) is 0 Å². The minimum atomic E-state index is -0.188. The molecule has 0 atom stereocenters. The fraction of sp³-hybridized carbons (Fsp3) is 0.129. The van der Waals surface area contributed by atoms with Gasteiger partial charge in [0, 0.05) is 38.7 Å². The van der Waals surface area contributed by atoms with Crippen molar-refractivity contribution >= 4 is 50.7 Å². The number of amides is 1. The zero-order valence-electron chi connectivity index (χ0n) is 20.7. The van der Waals surface area contributed by atoms with Crippen molar-refractivity contribution < 1.29 is 13.9 Å². The number of hydrogen-bond donors (Lipinski definition) is 1. The van der Waals surface area contributed by atoms with Crippen molar-refractivity contribution in [3.05, 3.63) is 96.3 Å². The highest BCUT2D eigenvalue weighted by atomic mass is 32.2. The summed E-state index contributed by atoms with van der Waals surface area (Å²) >= 11 is 1.64. The quantitative estimate of drug-likeness (QED) is 0.191. The summed E-state index contributed by atoms with van der Waals surface area (Å²) in [5.74, 6) is 0.513. The fourth-order valence-electron chi connectivity index (χ4n) is 4.69. The van der Waals surface area contributed by atoms with Crippen LogP contribution in [0.25, 0.3) is 38.4 Å². The third-order valence-electron chi connectivity index (χ3n) is 6.44. The molecule has 0 aliphatic rings. The summed E-state index contributed by atoms with van der Waals surface area (Å²) in [6, 6.07) is 24.5. The maximum absolute atomic E-state index is 12.9. The first-order valence-electron chi connectivity index (χ1n) is 11.7. The second-order valence-corrected chi connectivity index (χ2v) is 9.56. The number of carbonyl (C=O) groups excluding carboxylic acids is 1. The minimum absolute atomic E-state index is 0.188. The van der Waals surface area contributed by atoms with Crippen molar-refractivity contribution in [2.75, 3.05) is 18.7 Å². The normalized spacial score (nSPS) is 11.7. The number of methoxy groups -OCH3 is 1. The lowest BCUT2D eigenvalue weighted by Gasteiger charge is -2.14. The van der Waals surface area contributed by atoms with E-state index in [1.165, 1.54) is 5.39 Å². The van der Waals surface area contributed by atoms with E-state index >= 15 is 0 Å². The van der Waals surface area contributed by atoms with Crippen LogP contribution in [0.1, 0.15) is 18.1 Å². The average molecular weight is 494 g/mol. The van der Waals surface area contributed by atoms with Gasteiger partial charge in [-0.05, 0) is 66.3 Å². The molecule has 0 saturated heterocycles. The molecule has 0 aliphatic heterocycles. The molecule has 1 aromatic heterocycles.